The molecule has 1 unspecified atom stereocenters. The molecule has 1 N–H and O–H groups in total. The summed E-state index contributed by atoms with van der Waals surface area (Å²) in [4.78, 5) is 17.0. The molecule has 0 radical (unpaired) electrons. The maximum Gasteiger partial charge on any atom is 0.263 e. The van der Waals surface area contributed by atoms with Crippen LogP contribution in [0.3, 0.4) is 0 Å². The first-order chi connectivity index (χ1) is 16.0. The Balaban J connectivity index is 1.48. The number of benzene rings is 2. The van der Waals surface area contributed by atoms with Crippen molar-refractivity contribution in [2.24, 2.45) is 0 Å². The summed E-state index contributed by atoms with van der Waals surface area (Å²) in [5, 5.41) is 2.89. The third-order valence-electron chi connectivity index (χ3n) is 5.77. The van der Waals surface area contributed by atoms with Crippen molar-refractivity contribution in [2.75, 3.05) is 17.1 Å². The Bertz CT molecular complexity index is 1280. The Hall–Kier alpha value is -3.33. The number of fused-ring (bicyclic) bond motifs is 1. The highest BCUT2D eigenvalue weighted by atomic mass is 32.2. The first-order valence-corrected chi connectivity index (χ1v) is 13.0. The smallest absolute Gasteiger partial charge is 0.263 e. The Kier molecular flexibility index (Phi) is 6.40. The lowest BCUT2D eigenvalue weighted by Gasteiger charge is -2.35. The van der Waals surface area contributed by atoms with Gasteiger partial charge in [0.05, 0.1) is 24.8 Å². The van der Waals surface area contributed by atoms with Gasteiger partial charge in [-0.25, -0.2) is 13.4 Å². The fourth-order valence-electron chi connectivity index (χ4n) is 3.90. The first kappa shape index (κ1) is 23.8. The van der Waals surface area contributed by atoms with Crippen LogP contribution in [0.15, 0.2) is 61.2 Å². The molecule has 0 spiro atoms. The lowest BCUT2D eigenvalue weighted by molar-refractivity contribution is -0.127. The van der Waals surface area contributed by atoms with Gasteiger partial charge in [0.15, 0.2) is 6.10 Å². The number of ether oxygens (including phenoxy) is 1. The quantitative estimate of drug-likeness (QED) is 0.583. The second-order valence-electron chi connectivity index (χ2n) is 9.61. The molecular weight excluding hydrogens is 452 g/mol. The lowest BCUT2D eigenvalue weighted by atomic mass is 9.86. The van der Waals surface area contributed by atoms with Gasteiger partial charge in [0.25, 0.3) is 5.91 Å². The van der Waals surface area contributed by atoms with Gasteiger partial charge in [-0.1, -0.05) is 51.1 Å². The van der Waals surface area contributed by atoms with E-state index in [0.29, 0.717) is 24.5 Å². The number of hydrogen-bond donors (Lipinski definition) is 1. The molecule has 1 amide bonds. The molecule has 8 nitrogen and oxygen atoms in total. The SMILES string of the molecule is CC(C)(C)c1ccc2c(c1)N(S(C)(=O)=O)CC(C(=O)NCc1cccc(Cn3ccnc3)c1)O2. The molecule has 0 saturated carbocycles. The number of anilines is 1. The lowest BCUT2D eigenvalue weighted by Crippen LogP contribution is -2.50. The van der Waals surface area contributed by atoms with Crippen LogP contribution in [0.4, 0.5) is 5.69 Å². The number of carbonyl (C=O) groups is 1. The van der Waals surface area contributed by atoms with E-state index in [9.17, 15) is 13.2 Å². The summed E-state index contributed by atoms with van der Waals surface area (Å²) in [6.07, 6.45) is 5.58. The molecule has 1 atom stereocenters. The van der Waals surface area contributed by atoms with Gasteiger partial charge in [0.1, 0.15) is 5.75 Å². The van der Waals surface area contributed by atoms with Crippen LogP contribution < -0.4 is 14.4 Å². The van der Waals surface area contributed by atoms with Gasteiger partial charge in [0, 0.05) is 25.5 Å². The first-order valence-electron chi connectivity index (χ1n) is 11.1. The summed E-state index contributed by atoms with van der Waals surface area (Å²) >= 11 is 0. The molecule has 1 aliphatic heterocycles. The van der Waals surface area contributed by atoms with Crippen molar-refractivity contribution < 1.29 is 17.9 Å². The largest absolute Gasteiger partial charge is 0.476 e. The van der Waals surface area contributed by atoms with Crippen LogP contribution in [-0.4, -0.2) is 42.8 Å². The Morgan fingerprint density at radius 1 is 1.18 bits per heavy atom. The summed E-state index contributed by atoms with van der Waals surface area (Å²) in [6.45, 7) is 7.10. The average molecular weight is 483 g/mol. The topological polar surface area (TPSA) is 93.5 Å². The highest BCUT2D eigenvalue weighted by Crippen LogP contribution is 2.38. The van der Waals surface area contributed by atoms with Gasteiger partial charge in [0.2, 0.25) is 10.0 Å². The zero-order chi connectivity index (χ0) is 24.5. The number of imidazole rings is 1. The van der Waals surface area contributed by atoms with Crippen molar-refractivity contribution in [2.45, 2.75) is 45.4 Å². The number of rotatable bonds is 6. The minimum atomic E-state index is -3.60. The predicted molar refractivity (Wildman–Crippen MR) is 131 cm³/mol. The van der Waals surface area contributed by atoms with Gasteiger partial charge >= 0.3 is 0 Å². The predicted octanol–water partition coefficient (Wildman–Crippen LogP) is 3.07. The zero-order valence-corrected chi connectivity index (χ0v) is 20.7. The van der Waals surface area contributed by atoms with Gasteiger partial charge in [-0.2, -0.15) is 0 Å². The average Bonchev–Trinajstić information content (AvgIpc) is 3.28. The number of sulfonamides is 1. The number of nitrogens with one attached hydrogen (secondary N) is 1. The van der Waals surface area contributed by atoms with E-state index in [-0.39, 0.29) is 17.9 Å². The molecule has 180 valence electrons. The summed E-state index contributed by atoms with van der Waals surface area (Å²) < 4.78 is 34.3. The van der Waals surface area contributed by atoms with Crippen LogP contribution in [0.2, 0.25) is 0 Å². The van der Waals surface area contributed by atoms with Crippen molar-refractivity contribution in [3.63, 3.8) is 0 Å². The number of aromatic nitrogens is 2. The van der Waals surface area contributed by atoms with Crippen molar-refractivity contribution >= 4 is 21.6 Å². The fourth-order valence-corrected chi connectivity index (χ4v) is 4.81. The van der Waals surface area contributed by atoms with E-state index in [4.69, 9.17) is 4.74 Å². The zero-order valence-electron chi connectivity index (χ0n) is 19.9. The van der Waals surface area contributed by atoms with E-state index in [1.165, 1.54) is 4.31 Å². The maximum atomic E-state index is 13.0. The molecule has 9 heteroatoms. The summed E-state index contributed by atoms with van der Waals surface area (Å²) in [5.74, 6) is 0.0198. The molecule has 2 aromatic carbocycles. The molecule has 0 aliphatic carbocycles. The van der Waals surface area contributed by atoms with E-state index < -0.39 is 16.1 Å². The highest BCUT2D eigenvalue weighted by Gasteiger charge is 2.35. The highest BCUT2D eigenvalue weighted by molar-refractivity contribution is 7.92. The van der Waals surface area contributed by atoms with Gasteiger partial charge < -0.3 is 14.6 Å². The number of amides is 1. The molecular formula is C25H30N4O4S. The maximum absolute atomic E-state index is 13.0. The monoisotopic (exact) mass is 482 g/mol. The normalized spacial score (nSPS) is 16.0. The molecule has 1 aliphatic rings. The molecule has 4 rings (SSSR count). The standard InChI is InChI=1S/C25H30N4O4S/c1-25(2,3)20-8-9-22-21(13-20)29(34(4,31)32)16-23(33-22)24(30)27-14-18-6-5-7-19(12-18)15-28-11-10-26-17-28/h5-13,17,23H,14-16H2,1-4H3,(H,27,30). The third-order valence-corrected chi connectivity index (χ3v) is 6.92. The van der Waals surface area contributed by atoms with Crippen molar-refractivity contribution in [1.82, 2.24) is 14.9 Å². The third kappa shape index (κ3) is 5.41. The molecule has 1 aromatic heterocycles. The van der Waals surface area contributed by atoms with E-state index in [1.54, 1.807) is 18.6 Å². The van der Waals surface area contributed by atoms with Crippen LogP contribution in [0.5, 0.6) is 5.75 Å². The second kappa shape index (κ2) is 9.13. The van der Waals surface area contributed by atoms with Crippen molar-refractivity contribution in [3.8, 4) is 5.75 Å². The number of hydrogen-bond acceptors (Lipinski definition) is 5. The Morgan fingerprint density at radius 2 is 1.94 bits per heavy atom. The van der Waals surface area contributed by atoms with Crippen LogP contribution in [0, 0.1) is 0 Å². The van der Waals surface area contributed by atoms with Crippen LogP contribution >= 0.6 is 0 Å². The summed E-state index contributed by atoms with van der Waals surface area (Å²) in [5.41, 5.74) is 3.33. The van der Waals surface area contributed by atoms with Gasteiger partial charge in [-0.3, -0.25) is 9.10 Å². The fraction of sp³-hybridized carbons (Fsp3) is 0.360. The summed E-state index contributed by atoms with van der Waals surface area (Å²) in [7, 11) is -3.60. The summed E-state index contributed by atoms with van der Waals surface area (Å²) in [6, 6.07) is 13.4. The molecule has 2 heterocycles. The van der Waals surface area contributed by atoms with Crippen LogP contribution in [0.1, 0.15) is 37.5 Å². The number of carbonyl (C=O) groups excluding carboxylic acids is 1. The minimum absolute atomic E-state index is 0.0774. The molecule has 3 aromatic rings. The van der Waals surface area contributed by atoms with Crippen molar-refractivity contribution in [3.05, 3.63) is 77.9 Å². The Labute approximate surface area is 200 Å². The molecule has 0 saturated heterocycles. The number of nitrogens with zero attached hydrogens (tertiary/aromatic N) is 3. The van der Waals surface area contributed by atoms with Crippen LogP contribution in [0.25, 0.3) is 0 Å². The van der Waals surface area contributed by atoms with E-state index >= 15 is 0 Å². The minimum Gasteiger partial charge on any atom is -0.476 e. The van der Waals surface area contributed by atoms with E-state index in [0.717, 1.165) is 22.9 Å². The van der Waals surface area contributed by atoms with Gasteiger partial charge in [-0.05, 0) is 34.2 Å². The van der Waals surface area contributed by atoms with Crippen LogP contribution in [-0.2, 0) is 33.3 Å². The molecule has 0 fully saturated rings. The molecule has 34 heavy (non-hydrogen) atoms. The van der Waals surface area contributed by atoms with E-state index in [2.05, 4.69) is 31.1 Å². The molecule has 0 bridgehead atoms. The second-order valence-corrected chi connectivity index (χ2v) is 11.5. The van der Waals surface area contributed by atoms with E-state index in [1.807, 2.05) is 47.2 Å². The Morgan fingerprint density at radius 3 is 2.62 bits per heavy atom. The van der Waals surface area contributed by atoms with Gasteiger partial charge in [-0.15, -0.1) is 0 Å². The van der Waals surface area contributed by atoms with Crippen molar-refractivity contribution in [1.29, 1.82) is 0 Å².